The molecule has 0 spiro atoms. The number of amides is 1. The van der Waals surface area contributed by atoms with Gasteiger partial charge < -0.3 is 10.1 Å². The Hall–Kier alpha value is -1.80. The van der Waals surface area contributed by atoms with Gasteiger partial charge >= 0.3 is 0 Å². The highest BCUT2D eigenvalue weighted by atomic mass is 35.5. The first-order valence-electron chi connectivity index (χ1n) is 10.5. The minimum atomic E-state index is -3.83. The number of carbonyl (C=O) groups excluding carboxylic acids is 1. The summed E-state index contributed by atoms with van der Waals surface area (Å²) in [4.78, 5) is 12.9. The minimum absolute atomic E-state index is 0.0626. The largest absolute Gasteiger partial charge is 0.497 e. The third-order valence-corrected chi connectivity index (χ3v) is 8.64. The van der Waals surface area contributed by atoms with Crippen LogP contribution in [0.5, 0.6) is 5.75 Å². The topological polar surface area (TPSA) is 75.7 Å². The average molecular weight is 499 g/mol. The van der Waals surface area contributed by atoms with Crippen LogP contribution in [0.1, 0.15) is 38.3 Å². The number of hydrogen-bond acceptors (Lipinski definition) is 4. The van der Waals surface area contributed by atoms with Gasteiger partial charge in [-0.3, -0.25) is 4.79 Å². The van der Waals surface area contributed by atoms with Gasteiger partial charge in [-0.2, -0.15) is 4.31 Å². The number of rotatable bonds is 7. The van der Waals surface area contributed by atoms with Crippen LogP contribution in [-0.2, 0) is 14.8 Å². The van der Waals surface area contributed by atoms with Crippen molar-refractivity contribution in [3.63, 3.8) is 0 Å². The summed E-state index contributed by atoms with van der Waals surface area (Å²) in [6.45, 7) is 4.57. The predicted molar refractivity (Wildman–Crippen MR) is 127 cm³/mol. The highest BCUT2D eigenvalue weighted by Gasteiger charge is 2.35. The summed E-state index contributed by atoms with van der Waals surface area (Å²) in [7, 11) is -2.22. The lowest BCUT2D eigenvalue weighted by Crippen LogP contribution is -2.44. The van der Waals surface area contributed by atoms with E-state index in [1.165, 1.54) is 16.4 Å². The second-order valence-corrected chi connectivity index (χ2v) is 10.9. The molecule has 0 saturated carbocycles. The van der Waals surface area contributed by atoms with Crippen molar-refractivity contribution in [1.82, 2.24) is 9.62 Å². The number of halogens is 2. The maximum atomic E-state index is 13.1. The van der Waals surface area contributed by atoms with Crippen molar-refractivity contribution in [3.05, 3.63) is 58.1 Å². The molecule has 2 aromatic carbocycles. The van der Waals surface area contributed by atoms with Crippen molar-refractivity contribution in [2.45, 2.75) is 37.6 Å². The fourth-order valence-electron chi connectivity index (χ4n) is 3.93. The van der Waals surface area contributed by atoms with Gasteiger partial charge in [-0.05, 0) is 48.6 Å². The van der Waals surface area contributed by atoms with Crippen molar-refractivity contribution < 1.29 is 17.9 Å². The molecule has 3 rings (SSSR count). The fourth-order valence-corrected chi connectivity index (χ4v) is 6.49. The Bertz CT molecular complexity index is 1030. The normalized spacial score (nSPS) is 16.7. The van der Waals surface area contributed by atoms with Crippen LogP contribution in [0.3, 0.4) is 0 Å². The smallest absolute Gasteiger partial charge is 0.246 e. The molecule has 1 saturated heterocycles. The van der Waals surface area contributed by atoms with Crippen LogP contribution in [0.4, 0.5) is 0 Å². The van der Waals surface area contributed by atoms with E-state index in [1.54, 1.807) is 13.2 Å². The Labute approximate surface area is 199 Å². The Morgan fingerprint density at radius 2 is 1.62 bits per heavy atom. The van der Waals surface area contributed by atoms with E-state index >= 15 is 0 Å². The summed E-state index contributed by atoms with van der Waals surface area (Å²) in [5, 5.41) is 3.34. The van der Waals surface area contributed by atoms with Crippen LogP contribution in [0.25, 0.3) is 0 Å². The van der Waals surface area contributed by atoms with E-state index in [4.69, 9.17) is 27.9 Å². The number of nitrogens with one attached hydrogen (secondary N) is 1. The van der Waals surface area contributed by atoms with Crippen molar-refractivity contribution in [2.75, 3.05) is 20.2 Å². The molecule has 9 heteroatoms. The van der Waals surface area contributed by atoms with Crippen molar-refractivity contribution in [2.24, 2.45) is 11.8 Å². The Kier molecular flexibility index (Phi) is 8.09. The summed E-state index contributed by atoms with van der Waals surface area (Å²) >= 11 is 12.2. The van der Waals surface area contributed by atoms with Crippen molar-refractivity contribution in [1.29, 1.82) is 0 Å². The summed E-state index contributed by atoms with van der Waals surface area (Å²) in [6, 6.07) is 12.1. The number of carbonyl (C=O) groups is 1. The van der Waals surface area contributed by atoms with Gasteiger partial charge in [0.1, 0.15) is 10.6 Å². The van der Waals surface area contributed by atoms with Gasteiger partial charge in [0.25, 0.3) is 0 Å². The van der Waals surface area contributed by atoms with Gasteiger partial charge in [-0.25, -0.2) is 8.42 Å². The molecule has 6 nitrogen and oxygen atoms in total. The predicted octanol–water partition coefficient (Wildman–Crippen LogP) is 4.92. The first kappa shape index (κ1) is 24.8. The van der Waals surface area contributed by atoms with E-state index in [0.717, 1.165) is 11.3 Å². The summed E-state index contributed by atoms with van der Waals surface area (Å²) in [5.74, 6) is 0.625. The Morgan fingerprint density at radius 1 is 1.06 bits per heavy atom. The molecule has 32 heavy (non-hydrogen) atoms. The highest BCUT2D eigenvalue weighted by Crippen LogP contribution is 2.33. The number of hydrogen-bond donors (Lipinski definition) is 1. The average Bonchev–Trinajstić information content (AvgIpc) is 2.77. The maximum Gasteiger partial charge on any atom is 0.246 e. The number of sulfonamides is 1. The fraction of sp³-hybridized carbons (Fsp3) is 0.435. The van der Waals surface area contributed by atoms with Gasteiger partial charge in [0.15, 0.2) is 0 Å². The van der Waals surface area contributed by atoms with Gasteiger partial charge in [-0.1, -0.05) is 55.2 Å². The molecule has 1 atom stereocenters. The van der Waals surface area contributed by atoms with Crippen LogP contribution < -0.4 is 10.1 Å². The molecular weight excluding hydrogens is 471 g/mol. The SMILES string of the molecule is COc1ccc(C(NC(=O)C2CCN(S(=O)(=O)c3c(Cl)cccc3Cl)CC2)C(C)C)cc1. The highest BCUT2D eigenvalue weighted by molar-refractivity contribution is 7.89. The Morgan fingerprint density at radius 3 is 2.12 bits per heavy atom. The van der Waals surface area contributed by atoms with Gasteiger partial charge in [0.2, 0.25) is 15.9 Å². The maximum absolute atomic E-state index is 13.1. The van der Waals surface area contributed by atoms with Crippen molar-refractivity contribution >= 4 is 39.1 Å². The molecule has 1 aliphatic rings. The molecule has 0 aromatic heterocycles. The number of methoxy groups -OCH3 is 1. The monoisotopic (exact) mass is 498 g/mol. The van der Waals surface area contributed by atoms with Crippen LogP contribution in [0.2, 0.25) is 10.0 Å². The molecule has 174 valence electrons. The zero-order chi connectivity index (χ0) is 23.5. The molecule has 1 N–H and O–H groups in total. The molecule has 0 bridgehead atoms. The van der Waals surface area contributed by atoms with E-state index in [9.17, 15) is 13.2 Å². The second-order valence-electron chi connectivity index (χ2n) is 8.23. The van der Waals surface area contributed by atoms with Crippen LogP contribution in [0.15, 0.2) is 47.4 Å². The molecular formula is C23H28Cl2N2O4S. The van der Waals surface area contributed by atoms with E-state index in [1.807, 2.05) is 24.3 Å². The van der Waals surface area contributed by atoms with Crippen LogP contribution >= 0.6 is 23.2 Å². The van der Waals surface area contributed by atoms with E-state index in [0.29, 0.717) is 12.8 Å². The zero-order valence-electron chi connectivity index (χ0n) is 18.3. The second kappa shape index (κ2) is 10.4. The number of nitrogens with zero attached hydrogens (tertiary/aromatic N) is 1. The molecule has 2 aromatic rings. The lowest BCUT2D eigenvalue weighted by atomic mass is 9.92. The van der Waals surface area contributed by atoms with E-state index in [2.05, 4.69) is 19.2 Å². The third kappa shape index (κ3) is 5.39. The molecule has 1 unspecified atom stereocenters. The summed E-state index contributed by atoms with van der Waals surface area (Å²) in [6.07, 6.45) is 0.862. The standard InChI is InChI=1S/C23H28Cl2N2O4S/c1-15(2)21(16-7-9-18(31-3)10-8-16)26-23(28)17-11-13-27(14-12-17)32(29,30)22-19(24)5-4-6-20(22)25/h4-10,15,17,21H,11-14H2,1-3H3,(H,26,28). The zero-order valence-corrected chi connectivity index (χ0v) is 20.7. The van der Waals surface area contributed by atoms with Crippen LogP contribution in [-0.4, -0.2) is 38.8 Å². The quantitative estimate of drug-likeness (QED) is 0.587. The molecule has 1 fully saturated rings. The van der Waals surface area contributed by atoms with E-state index < -0.39 is 10.0 Å². The molecule has 0 aliphatic carbocycles. The van der Waals surface area contributed by atoms with E-state index in [-0.39, 0.29) is 51.8 Å². The lowest BCUT2D eigenvalue weighted by molar-refractivity contribution is -0.127. The molecule has 1 heterocycles. The van der Waals surface area contributed by atoms with Gasteiger partial charge in [0.05, 0.1) is 23.2 Å². The Balaban J connectivity index is 1.66. The number of ether oxygens (including phenoxy) is 1. The summed E-state index contributed by atoms with van der Waals surface area (Å²) in [5.41, 5.74) is 1.00. The van der Waals surface area contributed by atoms with Crippen LogP contribution in [0, 0.1) is 11.8 Å². The minimum Gasteiger partial charge on any atom is -0.497 e. The number of piperidine rings is 1. The van der Waals surface area contributed by atoms with Gasteiger partial charge in [-0.15, -0.1) is 0 Å². The molecule has 0 radical (unpaired) electrons. The third-order valence-electron chi connectivity index (χ3n) is 5.78. The van der Waals surface area contributed by atoms with Crippen molar-refractivity contribution in [3.8, 4) is 5.75 Å². The molecule has 1 aliphatic heterocycles. The first-order valence-corrected chi connectivity index (χ1v) is 12.7. The summed E-state index contributed by atoms with van der Waals surface area (Å²) < 4.78 is 32.7. The molecule has 1 amide bonds. The first-order chi connectivity index (χ1) is 15.1. The number of benzene rings is 2. The lowest BCUT2D eigenvalue weighted by Gasteiger charge is -2.32. The van der Waals surface area contributed by atoms with Gasteiger partial charge in [0, 0.05) is 19.0 Å².